The average molecular weight is 292 g/mol. The van der Waals surface area contributed by atoms with Gasteiger partial charge in [0.05, 0.1) is 29.6 Å². The third-order valence-electron chi connectivity index (χ3n) is 2.79. The summed E-state index contributed by atoms with van der Waals surface area (Å²) in [5.74, 6) is 1.45. The van der Waals surface area contributed by atoms with Gasteiger partial charge in [-0.15, -0.1) is 11.3 Å². The Morgan fingerprint density at radius 2 is 2.15 bits per heavy atom. The number of anilines is 1. The summed E-state index contributed by atoms with van der Waals surface area (Å²) in [5.41, 5.74) is 9.45. The number of thiazole rings is 1. The van der Waals surface area contributed by atoms with Crippen molar-refractivity contribution in [2.75, 3.05) is 12.3 Å². The van der Waals surface area contributed by atoms with Crippen molar-refractivity contribution in [2.24, 2.45) is 0 Å². The topological polar surface area (TPSA) is 57.4 Å². The van der Waals surface area contributed by atoms with Crippen LogP contribution in [0.4, 0.5) is 5.69 Å². The van der Waals surface area contributed by atoms with Gasteiger partial charge in [0.1, 0.15) is 11.5 Å². The Bertz CT molecular complexity index is 567. The van der Waals surface area contributed by atoms with Crippen LogP contribution in [0.1, 0.15) is 24.4 Å². The molecule has 5 heteroatoms. The van der Waals surface area contributed by atoms with Gasteiger partial charge in [0.25, 0.3) is 0 Å². The molecule has 0 fully saturated rings. The molecule has 0 aliphatic rings. The molecule has 0 unspecified atom stereocenters. The van der Waals surface area contributed by atoms with E-state index in [1.165, 1.54) is 4.88 Å². The van der Waals surface area contributed by atoms with E-state index in [2.05, 4.69) is 4.98 Å². The van der Waals surface area contributed by atoms with Gasteiger partial charge >= 0.3 is 0 Å². The van der Waals surface area contributed by atoms with E-state index in [0.29, 0.717) is 18.0 Å². The molecule has 0 bridgehead atoms. The van der Waals surface area contributed by atoms with Crippen molar-refractivity contribution in [1.29, 1.82) is 0 Å². The number of aromatic nitrogens is 1. The molecule has 0 saturated carbocycles. The second kappa shape index (κ2) is 6.61. The number of benzene rings is 1. The lowest BCUT2D eigenvalue weighted by Crippen LogP contribution is -2.08. The molecular weight excluding hydrogens is 272 g/mol. The number of nitrogen functional groups attached to an aromatic ring is 1. The zero-order valence-electron chi connectivity index (χ0n) is 12.1. The maximum atomic E-state index is 5.88. The largest absolute Gasteiger partial charge is 0.493 e. The minimum atomic E-state index is 0.0902. The van der Waals surface area contributed by atoms with Gasteiger partial charge in [-0.3, -0.25) is 0 Å². The van der Waals surface area contributed by atoms with Crippen LogP contribution in [0.25, 0.3) is 0 Å². The summed E-state index contributed by atoms with van der Waals surface area (Å²) < 4.78 is 11.4. The number of nitrogens with zero attached hydrogens (tertiary/aromatic N) is 1. The standard InChI is InChI=1S/C15H20N2O2S/c1-10(2)19-14-8-12(4-5-13(14)16)18-7-6-15-11(3)17-9-20-15/h4-5,8-10H,6-7,16H2,1-3H3. The molecule has 4 nitrogen and oxygen atoms in total. The molecule has 0 aliphatic carbocycles. The van der Waals surface area contributed by atoms with Gasteiger partial charge in [-0.1, -0.05) is 0 Å². The van der Waals surface area contributed by atoms with Crippen LogP contribution >= 0.6 is 11.3 Å². The van der Waals surface area contributed by atoms with Crippen LogP contribution in [0.15, 0.2) is 23.7 Å². The predicted molar refractivity (Wildman–Crippen MR) is 82.7 cm³/mol. The van der Waals surface area contributed by atoms with Crippen LogP contribution in [-0.2, 0) is 6.42 Å². The lowest BCUT2D eigenvalue weighted by Gasteiger charge is -2.14. The second-order valence-electron chi connectivity index (χ2n) is 4.83. The summed E-state index contributed by atoms with van der Waals surface area (Å²) in [4.78, 5) is 5.49. The Morgan fingerprint density at radius 3 is 2.80 bits per heavy atom. The zero-order valence-corrected chi connectivity index (χ0v) is 12.9. The fourth-order valence-corrected chi connectivity index (χ4v) is 2.55. The molecule has 0 spiro atoms. The van der Waals surface area contributed by atoms with Crippen LogP contribution in [0.3, 0.4) is 0 Å². The molecule has 1 aromatic carbocycles. The van der Waals surface area contributed by atoms with Gasteiger partial charge < -0.3 is 15.2 Å². The van der Waals surface area contributed by atoms with E-state index < -0.39 is 0 Å². The first-order valence-electron chi connectivity index (χ1n) is 6.64. The zero-order chi connectivity index (χ0) is 14.5. The molecule has 20 heavy (non-hydrogen) atoms. The molecule has 2 N–H and O–H groups in total. The van der Waals surface area contributed by atoms with Crippen LogP contribution in [0.2, 0.25) is 0 Å². The van der Waals surface area contributed by atoms with Crippen LogP contribution in [0, 0.1) is 6.92 Å². The fourth-order valence-electron chi connectivity index (χ4n) is 1.79. The molecule has 108 valence electrons. The van der Waals surface area contributed by atoms with E-state index in [0.717, 1.165) is 17.9 Å². The van der Waals surface area contributed by atoms with Gasteiger partial charge in [-0.25, -0.2) is 4.98 Å². The number of rotatable bonds is 6. The number of hydrogen-bond donors (Lipinski definition) is 1. The smallest absolute Gasteiger partial charge is 0.146 e. The summed E-state index contributed by atoms with van der Waals surface area (Å²) in [7, 11) is 0. The number of ether oxygens (including phenoxy) is 2. The molecule has 0 aliphatic heterocycles. The molecule has 0 radical (unpaired) electrons. The minimum Gasteiger partial charge on any atom is -0.493 e. The highest BCUT2D eigenvalue weighted by Crippen LogP contribution is 2.28. The predicted octanol–water partition coefficient (Wildman–Crippen LogP) is 3.44. The monoisotopic (exact) mass is 292 g/mol. The van der Waals surface area contributed by atoms with Crippen molar-refractivity contribution >= 4 is 17.0 Å². The van der Waals surface area contributed by atoms with E-state index in [1.54, 1.807) is 11.3 Å². The van der Waals surface area contributed by atoms with Gasteiger partial charge in [0.2, 0.25) is 0 Å². The summed E-state index contributed by atoms with van der Waals surface area (Å²) >= 11 is 1.66. The Labute approximate surface area is 123 Å². The van der Waals surface area contributed by atoms with E-state index in [1.807, 2.05) is 44.5 Å². The Kier molecular flexibility index (Phi) is 4.84. The van der Waals surface area contributed by atoms with Crippen LogP contribution in [0.5, 0.6) is 11.5 Å². The van der Waals surface area contributed by atoms with Crippen LogP contribution < -0.4 is 15.2 Å². The van der Waals surface area contributed by atoms with Crippen molar-refractivity contribution in [1.82, 2.24) is 4.98 Å². The highest BCUT2D eigenvalue weighted by atomic mass is 32.1. The maximum absolute atomic E-state index is 5.88. The summed E-state index contributed by atoms with van der Waals surface area (Å²) in [6.45, 7) is 6.58. The quantitative estimate of drug-likeness (QED) is 0.829. The highest BCUT2D eigenvalue weighted by molar-refractivity contribution is 7.09. The van der Waals surface area contributed by atoms with E-state index in [4.69, 9.17) is 15.2 Å². The molecule has 0 saturated heterocycles. The molecule has 0 amide bonds. The number of aryl methyl sites for hydroxylation is 1. The minimum absolute atomic E-state index is 0.0902. The van der Waals surface area contributed by atoms with Crippen molar-refractivity contribution < 1.29 is 9.47 Å². The Hall–Kier alpha value is -1.75. The normalized spacial score (nSPS) is 10.8. The van der Waals surface area contributed by atoms with E-state index in [-0.39, 0.29) is 6.10 Å². The fraction of sp³-hybridized carbons (Fsp3) is 0.400. The number of hydrogen-bond acceptors (Lipinski definition) is 5. The SMILES string of the molecule is Cc1ncsc1CCOc1ccc(N)c(OC(C)C)c1. The summed E-state index contributed by atoms with van der Waals surface area (Å²) in [6, 6.07) is 5.52. The van der Waals surface area contributed by atoms with Gasteiger partial charge in [-0.2, -0.15) is 0 Å². The molecule has 0 atom stereocenters. The summed E-state index contributed by atoms with van der Waals surface area (Å²) in [6.07, 6.45) is 0.953. The molecule has 2 aromatic rings. The van der Waals surface area contributed by atoms with Crippen molar-refractivity contribution in [3.05, 3.63) is 34.3 Å². The van der Waals surface area contributed by atoms with Crippen LogP contribution in [-0.4, -0.2) is 17.7 Å². The summed E-state index contributed by atoms with van der Waals surface area (Å²) in [5, 5.41) is 0. The van der Waals surface area contributed by atoms with Crippen molar-refractivity contribution in [2.45, 2.75) is 33.3 Å². The highest BCUT2D eigenvalue weighted by Gasteiger charge is 2.06. The van der Waals surface area contributed by atoms with Crippen molar-refractivity contribution in [3.63, 3.8) is 0 Å². The maximum Gasteiger partial charge on any atom is 0.146 e. The molecule has 1 aromatic heterocycles. The Morgan fingerprint density at radius 1 is 1.35 bits per heavy atom. The molecule has 1 heterocycles. The number of nitrogens with two attached hydrogens (primary N) is 1. The third kappa shape index (κ3) is 3.87. The first-order chi connectivity index (χ1) is 9.56. The Balaban J connectivity index is 1.94. The third-order valence-corrected chi connectivity index (χ3v) is 3.79. The second-order valence-corrected chi connectivity index (χ2v) is 5.76. The molecule has 2 rings (SSSR count). The van der Waals surface area contributed by atoms with Gasteiger partial charge in [0.15, 0.2) is 0 Å². The average Bonchev–Trinajstić information content (AvgIpc) is 2.79. The first kappa shape index (κ1) is 14.7. The lowest BCUT2D eigenvalue weighted by molar-refractivity contribution is 0.241. The van der Waals surface area contributed by atoms with E-state index >= 15 is 0 Å². The first-order valence-corrected chi connectivity index (χ1v) is 7.52. The van der Waals surface area contributed by atoms with Gasteiger partial charge in [0, 0.05) is 17.4 Å². The van der Waals surface area contributed by atoms with E-state index in [9.17, 15) is 0 Å². The van der Waals surface area contributed by atoms with Gasteiger partial charge in [-0.05, 0) is 32.9 Å². The van der Waals surface area contributed by atoms with Crippen molar-refractivity contribution in [3.8, 4) is 11.5 Å². The molecular formula is C15H20N2O2S. The lowest BCUT2D eigenvalue weighted by atomic mass is 10.2.